The molecule has 6 rings (SSSR count). The van der Waals surface area contributed by atoms with Gasteiger partial charge in [-0.1, -0.05) is 69.5 Å². The van der Waals surface area contributed by atoms with Crippen LogP contribution in [0.3, 0.4) is 0 Å². The van der Waals surface area contributed by atoms with Gasteiger partial charge in [-0.2, -0.15) is 13.2 Å². The van der Waals surface area contributed by atoms with Crippen molar-refractivity contribution in [3.63, 3.8) is 0 Å². The predicted octanol–water partition coefficient (Wildman–Crippen LogP) is 9.82. The Morgan fingerprint density at radius 1 is 0.833 bits per heavy atom. The number of hydrogen-bond acceptors (Lipinski definition) is 5. The summed E-state index contributed by atoms with van der Waals surface area (Å²) in [4.78, 5) is 45.9. The van der Waals surface area contributed by atoms with Crippen molar-refractivity contribution in [1.29, 1.82) is 0 Å². The van der Waals surface area contributed by atoms with Crippen LogP contribution in [0.15, 0.2) is 106 Å². The van der Waals surface area contributed by atoms with Gasteiger partial charge < -0.3 is 5.32 Å². The monoisotopic (exact) mass is 769 g/mol. The fourth-order valence-corrected chi connectivity index (χ4v) is 6.56. The van der Waals surface area contributed by atoms with Crippen molar-refractivity contribution in [3.8, 4) is 22.4 Å². The van der Waals surface area contributed by atoms with E-state index in [1.54, 1.807) is 48.5 Å². The van der Waals surface area contributed by atoms with E-state index in [1.165, 1.54) is 24.3 Å². The summed E-state index contributed by atoms with van der Waals surface area (Å²) >= 11 is 16.0. The first-order valence-corrected chi connectivity index (χ1v) is 16.6. The number of pyridine rings is 1. The molecular weight excluding hydrogens is 750 g/mol. The molecular formula is C35H21BrCl2F3N3O3S. The van der Waals surface area contributed by atoms with Gasteiger partial charge in [-0.15, -0.1) is 0 Å². The maximum absolute atomic E-state index is 13.3. The lowest BCUT2D eigenvalue weighted by atomic mass is 9.96. The van der Waals surface area contributed by atoms with Crippen molar-refractivity contribution in [1.82, 2.24) is 15.2 Å². The van der Waals surface area contributed by atoms with E-state index in [2.05, 4.69) is 21.2 Å². The summed E-state index contributed by atoms with van der Waals surface area (Å²) in [6, 6.07) is 25.8. The average Bonchev–Trinajstić information content (AvgIpc) is 3.29. The lowest BCUT2D eigenvalue weighted by Crippen LogP contribution is -2.31. The van der Waals surface area contributed by atoms with Crippen LogP contribution >= 0.6 is 50.9 Å². The molecule has 0 spiro atoms. The number of halogens is 6. The Hall–Kier alpha value is -4.16. The Kier molecular flexibility index (Phi) is 9.67. The number of benzene rings is 4. The molecule has 0 bridgehead atoms. The second kappa shape index (κ2) is 13.8. The Morgan fingerprint density at radius 2 is 1.48 bits per heavy atom. The van der Waals surface area contributed by atoms with E-state index in [0.29, 0.717) is 38.1 Å². The minimum absolute atomic E-state index is 0.0560. The first-order valence-electron chi connectivity index (χ1n) is 14.2. The molecule has 1 aliphatic rings. The molecule has 4 aromatic carbocycles. The minimum atomic E-state index is -4.46. The molecule has 1 aliphatic heterocycles. The number of alkyl halides is 3. The quantitative estimate of drug-likeness (QED) is 0.126. The van der Waals surface area contributed by atoms with Gasteiger partial charge in [-0.05, 0) is 84.1 Å². The van der Waals surface area contributed by atoms with Gasteiger partial charge in [0, 0.05) is 48.2 Å². The van der Waals surface area contributed by atoms with Crippen LogP contribution in [0.25, 0.3) is 22.4 Å². The molecule has 0 fully saturated rings. The van der Waals surface area contributed by atoms with Crippen LogP contribution in [0.5, 0.6) is 0 Å². The molecule has 0 unspecified atom stereocenters. The molecule has 0 aliphatic carbocycles. The lowest BCUT2D eigenvalue weighted by Gasteiger charge is -2.20. The maximum Gasteiger partial charge on any atom is 0.446 e. The molecule has 13 heteroatoms. The zero-order valence-electron chi connectivity index (χ0n) is 24.4. The third-order valence-electron chi connectivity index (χ3n) is 7.51. The molecule has 3 amide bonds. The summed E-state index contributed by atoms with van der Waals surface area (Å²) < 4.78 is 39.2. The van der Waals surface area contributed by atoms with Gasteiger partial charge in [0.25, 0.3) is 17.7 Å². The highest BCUT2D eigenvalue weighted by Crippen LogP contribution is 2.39. The second-order valence-electron chi connectivity index (χ2n) is 10.6. The summed E-state index contributed by atoms with van der Waals surface area (Å²) in [6.45, 7) is -0.290. The molecule has 0 saturated heterocycles. The standard InChI is InChI=1S/C35H21BrCl2F3N3O3S/c36-22-9-5-19(6-10-22)31-28(25-14-11-23(37)16-29(25)38)15-21(17-42-32(45)20-7-12-24(13-8-20)48-35(39,40)41)30(43-31)18-44-33(46)26-3-1-2-4-27(26)34(44)47/h1-16H,17-18H2,(H,42,45). The molecule has 0 atom stereocenters. The highest BCUT2D eigenvalue weighted by atomic mass is 79.9. The van der Waals surface area contributed by atoms with E-state index >= 15 is 0 Å². The van der Waals surface area contributed by atoms with E-state index in [-0.39, 0.29) is 46.4 Å². The zero-order chi connectivity index (χ0) is 34.2. The number of nitrogens with zero attached hydrogens (tertiary/aromatic N) is 2. The summed E-state index contributed by atoms with van der Waals surface area (Å²) in [5.74, 6) is -1.49. The van der Waals surface area contributed by atoms with Crippen molar-refractivity contribution in [2.24, 2.45) is 0 Å². The Labute approximate surface area is 295 Å². The SMILES string of the molecule is O=C(NCc1cc(-c2ccc(Cl)cc2Cl)c(-c2ccc(Br)cc2)nc1CN1C(=O)c2ccccc2C1=O)c1ccc(SC(F)(F)F)cc1. The first kappa shape index (κ1) is 33.7. The molecule has 6 nitrogen and oxygen atoms in total. The minimum Gasteiger partial charge on any atom is -0.348 e. The van der Waals surface area contributed by atoms with Crippen molar-refractivity contribution in [2.45, 2.75) is 23.5 Å². The van der Waals surface area contributed by atoms with Crippen LogP contribution in [0, 0.1) is 0 Å². The Bertz CT molecular complexity index is 2040. The lowest BCUT2D eigenvalue weighted by molar-refractivity contribution is -0.0328. The normalized spacial score (nSPS) is 12.8. The fraction of sp³-hybridized carbons (Fsp3) is 0.0857. The molecule has 5 aromatic rings. The van der Waals surface area contributed by atoms with Crippen molar-refractivity contribution < 1.29 is 27.6 Å². The number of fused-ring (bicyclic) bond motifs is 1. The summed E-state index contributed by atoms with van der Waals surface area (Å²) in [5, 5.41) is 3.58. The van der Waals surface area contributed by atoms with Crippen molar-refractivity contribution in [3.05, 3.63) is 140 Å². The topological polar surface area (TPSA) is 79.4 Å². The smallest absolute Gasteiger partial charge is 0.348 e. The van der Waals surface area contributed by atoms with E-state index in [1.807, 2.05) is 24.3 Å². The Morgan fingerprint density at radius 3 is 2.08 bits per heavy atom. The van der Waals surface area contributed by atoms with Crippen LogP contribution in [-0.4, -0.2) is 33.1 Å². The van der Waals surface area contributed by atoms with Gasteiger partial charge in [0.2, 0.25) is 0 Å². The fourth-order valence-electron chi connectivity index (χ4n) is 5.24. The molecule has 2 heterocycles. The van der Waals surface area contributed by atoms with Gasteiger partial charge in [0.1, 0.15) is 0 Å². The van der Waals surface area contributed by atoms with E-state index in [4.69, 9.17) is 28.2 Å². The van der Waals surface area contributed by atoms with Crippen LogP contribution in [0.2, 0.25) is 10.0 Å². The maximum atomic E-state index is 13.3. The highest BCUT2D eigenvalue weighted by molar-refractivity contribution is 9.10. The van der Waals surface area contributed by atoms with Crippen LogP contribution in [0.4, 0.5) is 13.2 Å². The van der Waals surface area contributed by atoms with Crippen molar-refractivity contribution >= 4 is 68.6 Å². The third-order valence-corrected chi connectivity index (χ3v) is 9.32. The number of hydrogen-bond donors (Lipinski definition) is 1. The number of aromatic nitrogens is 1. The molecule has 0 radical (unpaired) electrons. The Balaban J connectivity index is 1.42. The van der Waals surface area contributed by atoms with E-state index in [0.717, 1.165) is 14.9 Å². The van der Waals surface area contributed by atoms with Crippen LogP contribution < -0.4 is 5.32 Å². The average molecular weight is 771 g/mol. The number of thioether (sulfide) groups is 1. The van der Waals surface area contributed by atoms with E-state index < -0.39 is 23.2 Å². The van der Waals surface area contributed by atoms with Gasteiger partial charge in [0.05, 0.1) is 29.1 Å². The van der Waals surface area contributed by atoms with Crippen LogP contribution in [-0.2, 0) is 13.1 Å². The predicted molar refractivity (Wildman–Crippen MR) is 183 cm³/mol. The molecule has 242 valence electrons. The van der Waals surface area contributed by atoms with Crippen LogP contribution in [0.1, 0.15) is 42.3 Å². The number of imide groups is 1. The molecule has 48 heavy (non-hydrogen) atoms. The summed E-state index contributed by atoms with van der Waals surface area (Å²) in [6.07, 6.45) is 0. The molecule has 0 saturated carbocycles. The van der Waals surface area contributed by atoms with Crippen molar-refractivity contribution in [2.75, 3.05) is 0 Å². The first-order chi connectivity index (χ1) is 22.9. The third kappa shape index (κ3) is 7.29. The van der Waals surface area contributed by atoms with Gasteiger partial charge >= 0.3 is 5.51 Å². The van der Waals surface area contributed by atoms with Gasteiger partial charge in [-0.25, -0.2) is 4.98 Å². The molecule has 1 N–H and O–H groups in total. The number of rotatable bonds is 8. The largest absolute Gasteiger partial charge is 0.446 e. The second-order valence-corrected chi connectivity index (χ2v) is 13.5. The molecule has 1 aromatic heterocycles. The summed E-state index contributed by atoms with van der Waals surface area (Å²) in [5.41, 5.74) is -0.513. The highest BCUT2D eigenvalue weighted by Gasteiger charge is 2.36. The summed E-state index contributed by atoms with van der Waals surface area (Å²) in [7, 11) is 0. The zero-order valence-corrected chi connectivity index (χ0v) is 28.4. The van der Waals surface area contributed by atoms with Gasteiger partial charge in [0.15, 0.2) is 0 Å². The van der Waals surface area contributed by atoms with Gasteiger partial charge in [-0.3, -0.25) is 19.3 Å². The number of carbonyl (C=O) groups is 3. The van der Waals surface area contributed by atoms with E-state index in [9.17, 15) is 27.6 Å². The number of carbonyl (C=O) groups excluding carboxylic acids is 3. The number of amides is 3. The number of nitrogens with one attached hydrogen (secondary N) is 1.